The number of nitrogens with one attached hydrogen (secondary N) is 1. The molecule has 1 N–H and O–H groups in total. The van der Waals surface area contributed by atoms with Crippen LogP contribution >= 0.6 is 0 Å². The molecule has 0 aliphatic heterocycles. The van der Waals surface area contributed by atoms with E-state index in [2.05, 4.69) is 10.5 Å². The molecular weight excluding hydrogens is 484 g/mol. The molecule has 1 amide bonds. The zero-order valence-electron chi connectivity index (χ0n) is 20.9. The largest absolute Gasteiger partial charge is 0.493 e. The Morgan fingerprint density at radius 1 is 0.763 bits per heavy atom. The fourth-order valence-corrected chi connectivity index (χ4v) is 3.42. The second kappa shape index (κ2) is 12.7. The number of rotatable bonds is 10. The van der Waals surface area contributed by atoms with Crippen molar-refractivity contribution in [3.05, 3.63) is 119 Å². The normalized spacial score (nSPS) is 10.6. The first kappa shape index (κ1) is 26.0. The number of carbonyl (C=O) groups is 2. The second-order valence-corrected chi connectivity index (χ2v) is 8.03. The summed E-state index contributed by atoms with van der Waals surface area (Å²) in [6.45, 7) is 0.449. The molecule has 0 fully saturated rings. The van der Waals surface area contributed by atoms with Crippen molar-refractivity contribution < 1.29 is 28.5 Å². The lowest BCUT2D eigenvalue weighted by Crippen LogP contribution is -2.17. The van der Waals surface area contributed by atoms with Crippen molar-refractivity contribution >= 4 is 18.1 Å². The highest BCUT2D eigenvalue weighted by Gasteiger charge is 2.13. The average Bonchev–Trinajstić information content (AvgIpc) is 2.97. The van der Waals surface area contributed by atoms with Crippen LogP contribution in [0.15, 0.2) is 102 Å². The first-order valence-corrected chi connectivity index (χ1v) is 11.7. The summed E-state index contributed by atoms with van der Waals surface area (Å²) in [6, 6.07) is 28.1. The summed E-state index contributed by atoms with van der Waals surface area (Å²) in [5.74, 6) is 1.10. The van der Waals surface area contributed by atoms with Crippen molar-refractivity contribution in [3.8, 4) is 23.0 Å². The number of nitrogens with zero attached hydrogens (tertiary/aromatic N) is 1. The lowest BCUT2D eigenvalue weighted by atomic mass is 10.2. The molecule has 4 aromatic rings. The highest BCUT2D eigenvalue weighted by atomic mass is 16.5. The van der Waals surface area contributed by atoms with Crippen LogP contribution in [0.2, 0.25) is 0 Å². The van der Waals surface area contributed by atoms with Gasteiger partial charge in [-0.3, -0.25) is 4.79 Å². The summed E-state index contributed by atoms with van der Waals surface area (Å²) in [5, 5.41) is 4.00. The third-order valence-corrected chi connectivity index (χ3v) is 5.45. The van der Waals surface area contributed by atoms with Gasteiger partial charge in [0.05, 0.1) is 26.0 Å². The molecule has 4 aromatic carbocycles. The molecule has 0 heterocycles. The minimum Gasteiger partial charge on any atom is -0.493 e. The molecule has 0 atom stereocenters. The van der Waals surface area contributed by atoms with Crippen molar-refractivity contribution in [1.29, 1.82) is 0 Å². The van der Waals surface area contributed by atoms with Gasteiger partial charge in [0.2, 0.25) is 0 Å². The SMILES string of the molecule is COc1ccc(C(=O)Oc2ccc(/C=N/NC(=O)c3ccc(OCc4ccccc4)cc3)cc2)cc1OC. The van der Waals surface area contributed by atoms with Gasteiger partial charge in [-0.05, 0) is 77.9 Å². The Hall–Kier alpha value is -5.11. The van der Waals surface area contributed by atoms with Gasteiger partial charge in [-0.1, -0.05) is 30.3 Å². The van der Waals surface area contributed by atoms with Gasteiger partial charge in [-0.2, -0.15) is 5.10 Å². The topological polar surface area (TPSA) is 95.5 Å². The van der Waals surface area contributed by atoms with Gasteiger partial charge in [0.25, 0.3) is 5.91 Å². The Kier molecular flexibility index (Phi) is 8.70. The molecule has 0 aliphatic rings. The van der Waals surface area contributed by atoms with E-state index in [1.54, 1.807) is 66.7 Å². The van der Waals surface area contributed by atoms with Gasteiger partial charge in [-0.15, -0.1) is 0 Å². The highest BCUT2D eigenvalue weighted by molar-refractivity contribution is 5.95. The van der Waals surface area contributed by atoms with E-state index in [9.17, 15) is 9.59 Å². The molecule has 0 aromatic heterocycles. The average molecular weight is 511 g/mol. The lowest BCUT2D eigenvalue weighted by Gasteiger charge is -2.09. The third-order valence-electron chi connectivity index (χ3n) is 5.45. The second-order valence-electron chi connectivity index (χ2n) is 8.03. The van der Waals surface area contributed by atoms with E-state index in [0.29, 0.717) is 46.3 Å². The summed E-state index contributed by atoms with van der Waals surface area (Å²) in [7, 11) is 3.02. The van der Waals surface area contributed by atoms with Gasteiger partial charge in [0, 0.05) is 5.56 Å². The zero-order chi connectivity index (χ0) is 26.7. The molecule has 0 bridgehead atoms. The minimum atomic E-state index is -0.531. The maximum Gasteiger partial charge on any atom is 0.343 e. The summed E-state index contributed by atoms with van der Waals surface area (Å²) in [5.41, 5.74) is 5.04. The minimum absolute atomic E-state index is 0.326. The Morgan fingerprint density at radius 3 is 2.11 bits per heavy atom. The summed E-state index contributed by atoms with van der Waals surface area (Å²) in [4.78, 5) is 24.9. The molecule has 0 spiro atoms. The number of hydrogen-bond donors (Lipinski definition) is 1. The maximum atomic E-state index is 12.5. The number of ether oxygens (including phenoxy) is 4. The van der Waals surface area contributed by atoms with Crippen LogP contribution in [-0.4, -0.2) is 32.3 Å². The molecule has 8 nitrogen and oxygen atoms in total. The molecule has 8 heteroatoms. The van der Waals surface area contributed by atoms with Crippen molar-refractivity contribution in [2.75, 3.05) is 14.2 Å². The fourth-order valence-electron chi connectivity index (χ4n) is 3.42. The van der Waals surface area contributed by atoms with Gasteiger partial charge in [0.15, 0.2) is 11.5 Å². The van der Waals surface area contributed by atoms with Crippen molar-refractivity contribution in [2.24, 2.45) is 5.10 Å². The smallest absolute Gasteiger partial charge is 0.343 e. The van der Waals surface area contributed by atoms with Crippen LogP contribution in [0.1, 0.15) is 31.8 Å². The number of amides is 1. The number of benzene rings is 4. The predicted molar refractivity (Wildman–Crippen MR) is 143 cm³/mol. The van der Waals surface area contributed by atoms with Crippen LogP contribution < -0.4 is 24.4 Å². The predicted octanol–water partition coefficient (Wildman–Crippen LogP) is 5.27. The van der Waals surface area contributed by atoms with E-state index < -0.39 is 5.97 Å². The quantitative estimate of drug-likeness (QED) is 0.135. The first-order valence-electron chi connectivity index (χ1n) is 11.7. The summed E-state index contributed by atoms with van der Waals surface area (Å²) < 4.78 is 21.6. The first-order chi connectivity index (χ1) is 18.6. The van der Waals surface area contributed by atoms with Crippen LogP contribution in [0.4, 0.5) is 0 Å². The van der Waals surface area contributed by atoms with Crippen molar-refractivity contribution in [2.45, 2.75) is 6.61 Å². The Balaban J connectivity index is 1.27. The summed E-state index contributed by atoms with van der Waals surface area (Å²) in [6.07, 6.45) is 1.50. The van der Waals surface area contributed by atoms with Gasteiger partial charge >= 0.3 is 5.97 Å². The van der Waals surface area contributed by atoms with E-state index in [4.69, 9.17) is 18.9 Å². The zero-order valence-corrected chi connectivity index (χ0v) is 20.9. The molecule has 192 valence electrons. The number of methoxy groups -OCH3 is 2. The monoisotopic (exact) mass is 510 g/mol. The Morgan fingerprint density at radius 2 is 1.42 bits per heavy atom. The van der Waals surface area contributed by atoms with Crippen LogP contribution in [0.3, 0.4) is 0 Å². The molecule has 0 unspecified atom stereocenters. The van der Waals surface area contributed by atoms with Crippen molar-refractivity contribution in [1.82, 2.24) is 5.43 Å². The molecule has 0 aliphatic carbocycles. The van der Waals surface area contributed by atoms with E-state index in [-0.39, 0.29) is 5.91 Å². The van der Waals surface area contributed by atoms with E-state index >= 15 is 0 Å². The number of hydrazone groups is 1. The van der Waals surface area contributed by atoms with Crippen molar-refractivity contribution in [3.63, 3.8) is 0 Å². The van der Waals surface area contributed by atoms with Crippen LogP contribution in [0.5, 0.6) is 23.0 Å². The summed E-state index contributed by atoms with van der Waals surface area (Å²) >= 11 is 0. The Labute approximate surface area is 220 Å². The van der Waals surface area contributed by atoms with E-state index in [1.807, 2.05) is 30.3 Å². The highest BCUT2D eigenvalue weighted by Crippen LogP contribution is 2.28. The Bertz CT molecular complexity index is 1400. The van der Waals surface area contributed by atoms with E-state index in [1.165, 1.54) is 20.4 Å². The molecular formula is C30H26N2O6. The number of esters is 1. The standard InChI is InChI=1S/C30H26N2O6/c1-35-27-17-12-24(18-28(27)36-2)30(34)38-26-13-8-21(9-14-26)19-31-32-29(33)23-10-15-25(16-11-23)37-20-22-6-4-3-5-7-22/h3-19H,20H2,1-2H3,(H,32,33)/b31-19+. The third kappa shape index (κ3) is 6.98. The van der Waals surface area contributed by atoms with Gasteiger partial charge < -0.3 is 18.9 Å². The molecule has 4 rings (SSSR count). The fraction of sp³-hybridized carbons (Fsp3) is 0.100. The molecule has 0 saturated carbocycles. The molecule has 38 heavy (non-hydrogen) atoms. The lowest BCUT2D eigenvalue weighted by molar-refractivity contribution is 0.0734. The maximum absolute atomic E-state index is 12.5. The number of hydrogen-bond acceptors (Lipinski definition) is 7. The van der Waals surface area contributed by atoms with Gasteiger partial charge in [0.1, 0.15) is 18.1 Å². The molecule has 0 radical (unpaired) electrons. The van der Waals surface area contributed by atoms with Crippen LogP contribution in [-0.2, 0) is 6.61 Å². The van der Waals surface area contributed by atoms with Gasteiger partial charge in [-0.25, -0.2) is 10.2 Å². The molecule has 0 saturated heterocycles. The van der Waals surface area contributed by atoms with Crippen LogP contribution in [0, 0.1) is 0 Å². The van der Waals surface area contributed by atoms with Crippen LogP contribution in [0.25, 0.3) is 0 Å². The number of carbonyl (C=O) groups excluding carboxylic acids is 2. The van der Waals surface area contributed by atoms with E-state index in [0.717, 1.165) is 5.56 Å².